The van der Waals surface area contributed by atoms with Crippen LogP contribution in [0.15, 0.2) is 54.7 Å². The van der Waals surface area contributed by atoms with Gasteiger partial charge in [-0.05, 0) is 42.9 Å². The highest BCUT2D eigenvalue weighted by Crippen LogP contribution is 2.30. The first-order chi connectivity index (χ1) is 12.0. The Labute approximate surface area is 146 Å². The number of ether oxygens (including phenoxy) is 2. The zero-order valence-electron chi connectivity index (χ0n) is 13.9. The highest BCUT2D eigenvalue weighted by molar-refractivity contribution is 7.88. The third-order valence-electron chi connectivity index (χ3n) is 3.73. The van der Waals surface area contributed by atoms with E-state index < -0.39 is 10.0 Å². The SMILES string of the molecule is CNS(=O)(=O)Cc1ccc(Oc2ccnc3cc(OC)ccc23)cc1. The fraction of sp³-hybridized carbons (Fsp3) is 0.167. The Morgan fingerprint density at radius 1 is 1.04 bits per heavy atom. The van der Waals surface area contributed by atoms with Crippen molar-refractivity contribution in [3.05, 3.63) is 60.3 Å². The number of pyridine rings is 1. The fourth-order valence-corrected chi connectivity index (χ4v) is 3.17. The lowest BCUT2D eigenvalue weighted by molar-refractivity contribution is 0.415. The van der Waals surface area contributed by atoms with Crippen LogP contribution in [0, 0.1) is 0 Å². The van der Waals surface area contributed by atoms with Crippen LogP contribution in [0.4, 0.5) is 0 Å². The van der Waals surface area contributed by atoms with Gasteiger partial charge in [-0.3, -0.25) is 4.98 Å². The Kier molecular flexibility index (Phi) is 4.87. The maximum Gasteiger partial charge on any atom is 0.215 e. The lowest BCUT2D eigenvalue weighted by Crippen LogP contribution is -2.20. The molecule has 0 saturated heterocycles. The molecule has 0 aliphatic rings. The summed E-state index contributed by atoms with van der Waals surface area (Å²) in [6.07, 6.45) is 1.67. The van der Waals surface area contributed by atoms with Crippen molar-refractivity contribution >= 4 is 20.9 Å². The van der Waals surface area contributed by atoms with E-state index in [4.69, 9.17) is 9.47 Å². The number of methoxy groups -OCH3 is 1. The van der Waals surface area contributed by atoms with Crippen molar-refractivity contribution in [1.82, 2.24) is 9.71 Å². The van der Waals surface area contributed by atoms with Crippen molar-refractivity contribution in [3.63, 3.8) is 0 Å². The van der Waals surface area contributed by atoms with E-state index in [2.05, 4.69) is 9.71 Å². The van der Waals surface area contributed by atoms with E-state index in [0.29, 0.717) is 17.1 Å². The molecule has 25 heavy (non-hydrogen) atoms. The number of fused-ring (bicyclic) bond motifs is 1. The predicted octanol–water partition coefficient (Wildman–Crippen LogP) is 3.08. The Bertz CT molecular complexity index is 986. The molecule has 0 saturated carbocycles. The van der Waals surface area contributed by atoms with Gasteiger partial charge in [0.15, 0.2) is 0 Å². The van der Waals surface area contributed by atoms with Crippen LogP contribution in [0.25, 0.3) is 10.9 Å². The molecule has 0 radical (unpaired) electrons. The molecule has 0 unspecified atom stereocenters. The van der Waals surface area contributed by atoms with Gasteiger partial charge < -0.3 is 9.47 Å². The molecule has 3 rings (SSSR count). The largest absolute Gasteiger partial charge is 0.497 e. The summed E-state index contributed by atoms with van der Waals surface area (Å²) in [7, 11) is -0.283. The third-order valence-corrected chi connectivity index (χ3v) is 5.06. The second-order valence-electron chi connectivity index (χ2n) is 5.40. The maximum absolute atomic E-state index is 11.6. The molecule has 1 aromatic heterocycles. The topological polar surface area (TPSA) is 77.5 Å². The first-order valence-corrected chi connectivity index (χ1v) is 9.27. The van der Waals surface area contributed by atoms with E-state index in [1.165, 1.54) is 7.05 Å². The number of sulfonamides is 1. The first-order valence-electron chi connectivity index (χ1n) is 7.61. The average molecular weight is 358 g/mol. The summed E-state index contributed by atoms with van der Waals surface area (Å²) in [5.74, 6) is 1.95. The molecular formula is C18H18N2O4S. The van der Waals surface area contributed by atoms with Crippen molar-refractivity contribution in [2.45, 2.75) is 5.75 Å². The van der Waals surface area contributed by atoms with Crippen LogP contribution in [0.3, 0.4) is 0 Å². The van der Waals surface area contributed by atoms with Crippen LogP contribution in [-0.4, -0.2) is 27.6 Å². The van der Waals surface area contributed by atoms with Crippen LogP contribution in [0.1, 0.15) is 5.56 Å². The minimum Gasteiger partial charge on any atom is -0.497 e. The van der Waals surface area contributed by atoms with E-state index in [-0.39, 0.29) is 5.75 Å². The van der Waals surface area contributed by atoms with Crippen LogP contribution in [0.5, 0.6) is 17.2 Å². The summed E-state index contributed by atoms with van der Waals surface area (Å²) in [6.45, 7) is 0. The predicted molar refractivity (Wildman–Crippen MR) is 96.5 cm³/mol. The lowest BCUT2D eigenvalue weighted by Gasteiger charge is -2.10. The molecule has 3 aromatic rings. The zero-order valence-corrected chi connectivity index (χ0v) is 14.7. The number of rotatable bonds is 6. The maximum atomic E-state index is 11.6. The zero-order chi connectivity index (χ0) is 17.9. The Hall–Kier alpha value is -2.64. The average Bonchev–Trinajstić information content (AvgIpc) is 2.63. The minimum atomic E-state index is -3.29. The Morgan fingerprint density at radius 2 is 1.76 bits per heavy atom. The van der Waals surface area contributed by atoms with Gasteiger partial charge in [0, 0.05) is 17.6 Å². The number of nitrogens with one attached hydrogen (secondary N) is 1. The molecule has 7 heteroatoms. The normalized spacial score (nSPS) is 11.4. The molecule has 1 N–H and O–H groups in total. The van der Waals surface area contributed by atoms with Gasteiger partial charge in [-0.2, -0.15) is 0 Å². The second-order valence-corrected chi connectivity index (χ2v) is 7.33. The molecule has 0 atom stereocenters. The van der Waals surface area contributed by atoms with Crippen molar-refractivity contribution in [2.75, 3.05) is 14.2 Å². The molecule has 2 aromatic carbocycles. The van der Waals surface area contributed by atoms with E-state index in [0.717, 1.165) is 16.7 Å². The standard InChI is InChI=1S/C18H18N2O4S/c1-19-25(21,22)12-13-3-5-14(6-4-13)24-18-9-10-20-17-11-15(23-2)7-8-16(17)18/h3-11,19H,12H2,1-2H3. The fourth-order valence-electron chi connectivity index (χ4n) is 2.39. The highest BCUT2D eigenvalue weighted by atomic mass is 32.2. The molecule has 0 bridgehead atoms. The molecule has 0 aliphatic carbocycles. The van der Waals surface area contributed by atoms with Gasteiger partial charge in [0.05, 0.1) is 18.4 Å². The Balaban J connectivity index is 1.84. The van der Waals surface area contributed by atoms with Crippen LogP contribution < -0.4 is 14.2 Å². The smallest absolute Gasteiger partial charge is 0.215 e. The first kappa shape index (κ1) is 17.2. The van der Waals surface area contributed by atoms with Gasteiger partial charge in [-0.15, -0.1) is 0 Å². The van der Waals surface area contributed by atoms with Crippen molar-refractivity contribution in [3.8, 4) is 17.2 Å². The summed E-state index contributed by atoms with van der Waals surface area (Å²) in [6, 6.07) is 14.3. The van der Waals surface area contributed by atoms with Crippen LogP contribution >= 0.6 is 0 Å². The van der Waals surface area contributed by atoms with Gasteiger partial charge >= 0.3 is 0 Å². The van der Waals surface area contributed by atoms with Crippen LogP contribution in [-0.2, 0) is 15.8 Å². The van der Waals surface area contributed by atoms with Gasteiger partial charge in [-0.25, -0.2) is 13.1 Å². The highest BCUT2D eigenvalue weighted by Gasteiger charge is 2.09. The Morgan fingerprint density at radius 3 is 2.44 bits per heavy atom. The van der Waals surface area contributed by atoms with Crippen LogP contribution in [0.2, 0.25) is 0 Å². The van der Waals surface area contributed by atoms with Crippen molar-refractivity contribution in [2.24, 2.45) is 0 Å². The molecule has 0 fully saturated rings. The van der Waals surface area contributed by atoms with Gasteiger partial charge in [0.1, 0.15) is 17.2 Å². The second kappa shape index (κ2) is 7.08. The van der Waals surface area contributed by atoms with Crippen molar-refractivity contribution in [1.29, 1.82) is 0 Å². The monoisotopic (exact) mass is 358 g/mol. The minimum absolute atomic E-state index is 0.0677. The third kappa shape index (κ3) is 4.07. The summed E-state index contributed by atoms with van der Waals surface area (Å²) in [5, 5.41) is 0.866. The number of benzene rings is 2. The quantitative estimate of drug-likeness (QED) is 0.733. The summed E-state index contributed by atoms with van der Waals surface area (Å²) >= 11 is 0. The van der Waals surface area contributed by atoms with Gasteiger partial charge in [-0.1, -0.05) is 12.1 Å². The molecule has 0 spiro atoms. The summed E-state index contributed by atoms with van der Waals surface area (Å²) in [5.41, 5.74) is 1.46. The number of nitrogens with zero attached hydrogens (tertiary/aromatic N) is 1. The molecule has 1 heterocycles. The summed E-state index contributed by atoms with van der Waals surface area (Å²) in [4.78, 5) is 4.32. The van der Waals surface area contributed by atoms with Gasteiger partial charge in [0.2, 0.25) is 10.0 Å². The molecule has 0 aliphatic heterocycles. The molecule has 0 amide bonds. The molecule has 6 nitrogen and oxygen atoms in total. The van der Waals surface area contributed by atoms with E-state index >= 15 is 0 Å². The lowest BCUT2D eigenvalue weighted by atomic mass is 10.2. The molecular weight excluding hydrogens is 340 g/mol. The van der Waals surface area contributed by atoms with Gasteiger partial charge in [0.25, 0.3) is 0 Å². The summed E-state index contributed by atoms with van der Waals surface area (Å²) < 4.78 is 36.6. The number of hydrogen-bond acceptors (Lipinski definition) is 5. The molecule has 130 valence electrons. The van der Waals surface area contributed by atoms with E-state index in [9.17, 15) is 8.42 Å². The number of hydrogen-bond donors (Lipinski definition) is 1. The van der Waals surface area contributed by atoms with E-state index in [1.54, 1.807) is 43.6 Å². The van der Waals surface area contributed by atoms with E-state index in [1.807, 2.05) is 18.2 Å². The number of aromatic nitrogens is 1. The van der Waals surface area contributed by atoms with Crippen molar-refractivity contribution < 1.29 is 17.9 Å².